The molecule has 0 radical (unpaired) electrons. The van der Waals surface area contributed by atoms with Crippen LogP contribution < -0.4 is 4.74 Å². The van der Waals surface area contributed by atoms with E-state index in [2.05, 4.69) is 27.0 Å². The van der Waals surface area contributed by atoms with Gasteiger partial charge in [-0.25, -0.2) is 24.6 Å². The van der Waals surface area contributed by atoms with Gasteiger partial charge in [-0.2, -0.15) is 5.10 Å². The Morgan fingerprint density at radius 1 is 1.19 bits per heavy atom. The molecule has 0 aliphatic heterocycles. The smallest absolute Gasteiger partial charge is 0.227 e. The van der Waals surface area contributed by atoms with Crippen LogP contribution in [-0.2, 0) is 4.74 Å². The van der Waals surface area contributed by atoms with Gasteiger partial charge in [-0.15, -0.1) is 0 Å². The Kier molecular flexibility index (Phi) is 4.50. The van der Waals surface area contributed by atoms with Crippen LogP contribution in [-0.4, -0.2) is 43.9 Å². The first-order chi connectivity index (χ1) is 12.8. The molecule has 1 aliphatic rings. The average Bonchev–Trinajstić information content (AvgIpc) is 3.45. The van der Waals surface area contributed by atoms with Crippen LogP contribution in [0.1, 0.15) is 50.4 Å². The van der Waals surface area contributed by atoms with Gasteiger partial charge in [0.15, 0.2) is 17.7 Å². The number of fused-ring (bicyclic) bond motifs is 1. The van der Waals surface area contributed by atoms with Crippen molar-refractivity contribution in [1.29, 1.82) is 0 Å². The number of ether oxygens (including phenoxy) is 2. The average molecular weight is 354 g/mol. The Bertz CT molecular complexity index is 921. The van der Waals surface area contributed by atoms with Crippen LogP contribution in [0.25, 0.3) is 22.4 Å². The van der Waals surface area contributed by atoms with E-state index < -0.39 is 0 Å². The highest BCUT2D eigenvalue weighted by molar-refractivity contribution is 5.77. The second kappa shape index (κ2) is 6.95. The lowest BCUT2D eigenvalue weighted by molar-refractivity contribution is 0.0296. The van der Waals surface area contributed by atoms with Crippen molar-refractivity contribution < 1.29 is 9.47 Å². The molecule has 26 heavy (non-hydrogen) atoms. The fourth-order valence-electron chi connectivity index (χ4n) is 3.17. The van der Waals surface area contributed by atoms with Crippen molar-refractivity contribution in [2.45, 2.75) is 44.8 Å². The van der Waals surface area contributed by atoms with Gasteiger partial charge in [-0.3, -0.25) is 0 Å². The molecule has 8 heteroatoms. The van der Waals surface area contributed by atoms with E-state index >= 15 is 0 Å². The second-order valence-electron chi connectivity index (χ2n) is 6.46. The van der Waals surface area contributed by atoms with Gasteiger partial charge in [0.05, 0.1) is 24.4 Å². The number of hydrogen-bond acceptors (Lipinski definition) is 7. The summed E-state index contributed by atoms with van der Waals surface area (Å²) < 4.78 is 12.9. The quantitative estimate of drug-likeness (QED) is 0.644. The predicted molar refractivity (Wildman–Crippen MR) is 95.8 cm³/mol. The summed E-state index contributed by atoms with van der Waals surface area (Å²) >= 11 is 0. The van der Waals surface area contributed by atoms with Crippen molar-refractivity contribution in [2.24, 2.45) is 0 Å². The number of nitrogens with zero attached hydrogens (tertiary/aromatic N) is 6. The third-order valence-electron chi connectivity index (χ3n) is 4.64. The minimum Gasteiger partial charge on any atom is -0.480 e. The standard InChI is InChI=1S/C18H22N6O2/c1-4-5-13(25-2)24-17-12(9-22-24)8-19-16(23-17)14-15(11-6-7-11)20-10-21-18(14)26-3/h8-11,13H,4-7H2,1-3H3. The van der Waals surface area contributed by atoms with Gasteiger partial charge in [-0.1, -0.05) is 13.3 Å². The molecule has 0 amide bonds. The second-order valence-corrected chi connectivity index (χ2v) is 6.46. The summed E-state index contributed by atoms with van der Waals surface area (Å²) in [6.07, 6.45) is 9.02. The highest BCUT2D eigenvalue weighted by atomic mass is 16.5. The summed E-state index contributed by atoms with van der Waals surface area (Å²) in [5, 5.41) is 5.33. The Hall–Kier alpha value is -2.61. The van der Waals surface area contributed by atoms with E-state index in [1.54, 1.807) is 32.9 Å². The Morgan fingerprint density at radius 2 is 2.04 bits per heavy atom. The van der Waals surface area contributed by atoms with Crippen LogP contribution in [0.15, 0.2) is 18.7 Å². The lowest BCUT2D eigenvalue weighted by atomic mass is 10.1. The highest BCUT2D eigenvalue weighted by Gasteiger charge is 2.31. The van der Waals surface area contributed by atoms with E-state index in [1.165, 1.54) is 0 Å². The van der Waals surface area contributed by atoms with Gasteiger partial charge in [0, 0.05) is 19.2 Å². The molecule has 3 heterocycles. The zero-order chi connectivity index (χ0) is 18.1. The molecular weight excluding hydrogens is 332 g/mol. The summed E-state index contributed by atoms with van der Waals surface area (Å²) in [5.41, 5.74) is 2.47. The molecule has 1 atom stereocenters. The molecule has 1 unspecified atom stereocenters. The molecule has 3 aromatic rings. The van der Waals surface area contributed by atoms with E-state index in [9.17, 15) is 0 Å². The number of aromatic nitrogens is 6. The van der Waals surface area contributed by atoms with Crippen molar-refractivity contribution >= 4 is 11.0 Å². The summed E-state index contributed by atoms with van der Waals surface area (Å²) in [6.45, 7) is 2.12. The van der Waals surface area contributed by atoms with Crippen LogP contribution >= 0.6 is 0 Å². The summed E-state index contributed by atoms with van der Waals surface area (Å²) in [7, 11) is 3.29. The van der Waals surface area contributed by atoms with Crippen LogP contribution in [0.2, 0.25) is 0 Å². The summed E-state index contributed by atoms with van der Waals surface area (Å²) in [6, 6.07) is 0. The molecule has 0 bridgehead atoms. The highest BCUT2D eigenvalue weighted by Crippen LogP contribution is 2.44. The van der Waals surface area contributed by atoms with Crippen LogP contribution in [0.4, 0.5) is 0 Å². The van der Waals surface area contributed by atoms with Crippen LogP contribution in [0, 0.1) is 0 Å². The molecule has 0 spiro atoms. The molecule has 3 aromatic heterocycles. The topological polar surface area (TPSA) is 87.8 Å². The molecule has 1 fully saturated rings. The maximum atomic E-state index is 5.60. The number of methoxy groups -OCH3 is 2. The largest absolute Gasteiger partial charge is 0.480 e. The monoisotopic (exact) mass is 354 g/mol. The molecule has 136 valence electrons. The first kappa shape index (κ1) is 16.8. The van der Waals surface area contributed by atoms with Gasteiger partial charge >= 0.3 is 0 Å². The molecule has 8 nitrogen and oxygen atoms in total. The van der Waals surface area contributed by atoms with Gasteiger partial charge in [0.25, 0.3) is 0 Å². The molecule has 1 aliphatic carbocycles. The molecular formula is C18H22N6O2. The summed E-state index contributed by atoms with van der Waals surface area (Å²) in [4.78, 5) is 18.1. The molecule has 0 N–H and O–H groups in total. The maximum absolute atomic E-state index is 5.60. The van der Waals surface area contributed by atoms with Crippen molar-refractivity contribution in [1.82, 2.24) is 29.7 Å². The Labute approximate surface area is 151 Å². The normalized spacial score (nSPS) is 15.3. The predicted octanol–water partition coefficient (Wildman–Crippen LogP) is 3.11. The zero-order valence-corrected chi connectivity index (χ0v) is 15.2. The van der Waals surface area contributed by atoms with Gasteiger partial charge in [0.2, 0.25) is 5.88 Å². The third kappa shape index (κ3) is 2.90. The van der Waals surface area contributed by atoms with Crippen molar-refractivity contribution in [3.05, 3.63) is 24.4 Å². The van der Waals surface area contributed by atoms with Crippen LogP contribution in [0.3, 0.4) is 0 Å². The minimum absolute atomic E-state index is 0.155. The number of hydrogen-bond donors (Lipinski definition) is 0. The Morgan fingerprint density at radius 3 is 2.73 bits per heavy atom. The van der Waals surface area contributed by atoms with Crippen molar-refractivity contribution in [3.63, 3.8) is 0 Å². The molecule has 0 aromatic carbocycles. The fourth-order valence-corrected chi connectivity index (χ4v) is 3.17. The third-order valence-corrected chi connectivity index (χ3v) is 4.64. The van der Waals surface area contributed by atoms with Gasteiger partial charge in [0.1, 0.15) is 11.9 Å². The van der Waals surface area contributed by atoms with Gasteiger partial charge in [-0.05, 0) is 19.3 Å². The van der Waals surface area contributed by atoms with E-state index in [1.807, 2.05) is 4.68 Å². The molecule has 1 saturated carbocycles. The first-order valence-corrected chi connectivity index (χ1v) is 8.89. The lowest BCUT2D eigenvalue weighted by Gasteiger charge is -2.16. The SMILES string of the molecule is CCCC(OC)n1ncc2cnc(-c3c(OC)ncnc3C3CC3)nc21. The van der Waals surface area contributed by atoms with E-state index in [4.69, 9.17) is 14.5 Å². The first-order valence-electron chi connectivity index (χ1n) is 8.89. The van der Waals surface area contributed by atoms with Crippen LogP contribution in [0.5, 0.6) is 5.88 Å². The molecule has 0 saturated heterocycles. The maximum Gasteiger partial charge on any atom is 0.227 e. The van der Waals surface area contributed by atoms with Crippen molar-refractivity contribution in [2.75, 3.05) is 14.2 Å². The number of rotatable bonds is 7. The van der Waals surface area contributed by atoms with Crippen molar-refractivity contribution in [3.8, 4) is 17.3 Å². The zero-order valence-electron chi connectivity index (χ0n) is 15.2. The molecule has 4 rings (SSSR count). The van der Waals surface area contributed by atoms with E-state index in [-0.39, 0.29) is 6.23 Å². The minimum atomic E-state index is -0.155. The lowest BCUT2D eigenvalue weighted by Crippen LogP contribution is -2.13. The fraction of sp³-hybridized carbons (Fsp3) is 0.500. The Balaban J connectivity index is 1.86. The van der Waals surface area contributed by atoms with E-state index in [0.717, 1.165) is 48.0 Å². The summed E-state index contributed by atoms with van der Waals surface area (Å²) in [5.74, 6) is 1.49. The van der Waals surface area contributed by atoms with Gasteiger partial charge < -0.3 is 9.47 Å². The van der Waals surface area contributed by atoms with E-state index in [0.29, 0.717) is 17.6 Å².